The van der Waals surface area contributed by atoms with Crippen molar-refractivity contribution in [3.05, 3.63) is 0 Å². The molecule has 0 aromatic carbocycles. The molecule has 0 aromatic rings. The molecule has 0 radical (unpaired) electrons. The van der Waals surface area contributed by atoms with E-state index < -0.39 is 0 Å². The maximum Gasteiger partial charge on any atom is 0.191 e. The van der Waals surface area contributed by atoms with Crippen LogP contribution in [-0.4, -0.2) is 76.6 Å². The quantitative estimate of drug-likeness (QED) is 0.379. The highest BCUT2D eigenvalue weighted by molar-refractivity contribution is 5.79. The van der Waals surface area contributed by atoms with Crippen molar-refractivity contribution >= 4 is 5.96 Å². The van der Waals surface area contributed by atoms with Gasteiger partial charge < -0.3 is 25.0 Å². The molecule has 1 aliphatic carbocycles. The molecule has 134 valence electrons. The predicted molar refractivity (Wildman–Crippen MR) is 94.0 cm³/mol. The summed E-state index contributed by atoms with van der Waals surface area (Å²) in [4.78, 5) is 6.75. The van der Waals surface area contributed by atoms with Crippen LogP contribution in [0.3, 0.4) is 0 Å². The standard InChI is InChI=1S/C17H34N4O2/c1-18-17(19-9-5-12-23-16-8-13-22-14-16)20-10-11-21(2)15-6-3-4-7-15/h15-16H,3-14H2,1-2H3,(H2,18,19,20). The zero-order chi connectivity index (χ0) is 16.3. The van der Waals surface area contributed by atoms with E-state index in [0.717, 1.165) is 64.3 Å². The predicted octanol–water partition coefficient (Wildman–Crippen LogP) is 1.22. The van der Waals surface area contributed by atoms with Gasteiger partial charge in [-0.1, -0.05) is 12.8 Å². The van der Waals surface area contributed by atoms with Gasteiger partial charge in [0.05, 0.1) is 12.7 Å². The number of hydrogen-bond acceptors (Lipinski definition) is 4. The summed E-state index contributed by atoms with van der Waals surface area (Å²) in [5, 5.41) is 6.74. The highest BCUT2D eigenvalue weighted by Crippen LogP contribution is 2.21. The Labute approximate surface area is 141 Å². The first-order chi connectivity index (χ1) is 11.3. The Kier molecular flexibility index (Phi) is 8.71. The fraction of sp³-hybridized carbons (Fsp3) is 0.941. The van der Waals surface area contributed by atoms with Gasteiger partial charge in [-0.3, -0.25) is 4.99 Å². The molecule has 23 heavy (non-hydrogen) atoms. The van der Waals surface area contributed by atoms with E-state index >= 15 is 0 Å². The molecular formula is C17H34N4O2. The maximum absolute atomic E-state index is 5.76. The van der Waals surface area contributed by atoms with Crippen LogP contribution in [0.25, 0.3) is 0 Å². The topological polar surface area (TPSA) is 58.1 Å². The van der Waals surface area contributed by atoms with E-state index in [4.69, 9.17) is 9.47 Å². The molecule has 1 heterocycles. The highest BCUT2D eigenvalue weighted by Gasteiger charge is 2.18. The summed E-state index contributed by atoms with van der Waals surface area (Å²) in [6, 6.07) is 0.781. The van der Waals surface area contributed by atoms with Crippen molar-refractivity contribution in [1.82, 2.24) is 15.5 Å². The average molecular weight is 326 g/mol. The lowest BCUT2D eigenvalue weighted by atomic mass is 10.2. The van der Waals surface area contributed by atoms with Gasteiger partial charge in [0.2, 0.25) is 0 Å². The second kappa shape index (κ2) is 10.8. The largest absolute Gasteiger partial charge is 0.379 e. The molecule has 2 fully saturated rings. The van der Waals surface area contributed by atoms with E-state index in [1.54, 1.807) is 0 Å². The molecular weight excluding hydrogens is 292 g/mol. The van der Waals surface area contributed by atoms with Gasteiger partial charge in [0.15, 0.2) is 5.96 Å². The Bertz CT molecular complexity index is 339. The molecule has 0 amide bonds. The molecule has 0 bridgehead atoms. The lowest BCUT2D eigenvalue weighted by Crippen LogP contribution is -2.43. The molecule has 2 aliphatic rings. The summed E-state index contributed by atoms with van der Waals surface area (Å²) in [6.45, 7) is 5.26. The van der Waals surface area contributed by atoms with Crippen LogP contribution in [0.5, 0.6) is 0 Å². The van der Waals surface area contributed by atoms with Crippen molar-refractivity contribution in [2.75, 3.05) is 53.6 Å². The van der Waals surface area contributed by atoms with Crippen LogP contribution in [-0.2, 0) is 9.47 Å². The van der Waals surface area contributed by atoms with Gasteiger partial charge in [0, 0.05) is 45.9 Å². The number of likely N-dealkylation sites (N-methyl/N-ethyl adjacent to an activating group) is 1. The minimum absolute atomic E-state index is 0.304. The number of ether oxygens (including phenoxy) is 2. The van der Waals surface area contributed by atoms with Gasteiger partial charge >= 0.3 is 0 Å². The Hall–Kier alpha value is -0.850. The summed E-state index contributed by atoms with van der Waals surface area (Å²) >= 11 is 0. The normalized spacial score (nSPS) is 22.9. The first-order valence-corrected chi connectivity index (χ1v) is 9.13. The Morgan fingerprint density at radius 1 is 1.22 bits per heavy atom. The third-order valence-electron chi connectivity index (χ3n) is 4.78. The summed E-state index contributed by atoms with van der Waals surface area (Å²) in [7, 11) is 4.06. The van der Waals surface area contributed by atoms with Gasteiger partial charge in [0.25, 0.3) is 0 Å². The third-order valence-corrected chi connectivity index (χ3v) is 4.78. The van der Waals surface area contributed by atoms with E-state index in [1.165, 1.54) is 25.7 Å². The number of rotatable bonds is 9. The molecule has 6 nitrogen and oxygen atoms in total. The van der Waals surface area contributed by atoms with Crippen molar-refractivity contribution in [1.29, 1.82) is 0 Å². The molecule has 2 rings (SSSR count). The molecule has 1 aliphatic heterocycles. The minimum Gasteiger partial charge on any atom is -0.379 e. The van der Waals surface area contributed by atoms with Crippen LogP contribution in [0.15, 0.2) is 4.99 Å². The number of guanidine groups is 1. The van der Waals surface area contributed by atoms with E-state index in [2.05, 4.69) is 27.6 Å². The molecule has 1 atom stereocenters. The molecule has 2 N–H and O–H groups in total. The fourth-order valence-electron chi connectivity index (χ4n) is 3.27. The van der Waals surface area contributed by atoms with E-state index in [-0.39, 0.29) is 0 Å². The minimum atomic E-state index is 0.304. The second-order valence-electron chi connectivity index (χ2n) is 6.55. The van der Waals surface area contributed by atoms with Crippen LogP contribution in [0.1, 0.15) is 38.5 Å². The van der Waals surface area contributed by atoms with Crippen molar-refractivity contribution in [3.8, 4) is 0 Å². The van der Waals surface area contributed by atoms with Crippen LogP contribution in [0, 0.1) is 0 Å². The van der Waals surface area contributed by atoms with Gasteiger partial charge in [-0.05, 0) is 32.7 Å². The Morgan fingerprint density at radius 3 is 2.70 bits per heavy atom. The summed E-state index contributed by atoms with van der Waals surface area (Å²) in [5.74, 6) is 0.883. The zero-order valence-electron chi connectivity index (χ0n) is 14.9. The van der Waals surface area contributed by atoms with Crippen LogP contribution >= 0.6 is 0 Å². The van der Waals surface area contributed by atoms with E-state index in [9.17, 15) is 0 Å². The van der Waals surface area contributed by atoms with Crippen molar-refractivity contribution < 1.29 is 9.47 Å². The second-order valence-corrected chi connectivity index (χ2v) is 6.55. The van der Waals surface area contributed by atoms with Crippen LogP contribution in [0.4, 0.5) is 0 Å². The third kappa shape index (κ3) is 7.06. The SMILES string of the molecule is CN=C(NCCCOC1CCOC1)NCCN(C)C1CCCC1. The highest BCUT2D eigenvalue weighted by atomic mass is 16.5. The molecule has 1 unspecified atom stereocenters. The average Bonchev–Trinajstić information content (AvgIpc) is 3.26. The number of nitrogens with one attached hydrogen (secondary N) is 2. The van der Waals surface area contributed by atoms with E-state index in [1.807, 2.05) is 7.05 Å². The molecule has 1 saturated heterocycles. The molecule has 0 spiro atoms. The van der Waals surface area contributed by atoms with Crippen LogP contribution < -0.4 is 10.6 Å². The monoisotopic (exact) mass is 326 g/mol. The first kappa shape index (κ1) is 18.5. The molecule has 1 saturated carbocycles. The molecule has 6 heteroatoms. The van der Waals surface area contributed by atoms with Gasteiger partial charge in [-0.15, -0.1) is 0 Å². The smallest absolute Gasteiger partial charge is 0.191 e. The molecule has 0 aromatic heterocycles. The van der Waals surface area contributed by atoms with Crippen LogP contribution in [0.2, 0.25) is 0 Å². The van der Waals surface area contributed by atoms with Crippen molar-refractivity contribution in [3.63, 3.8) is 0 Å². The number of nitrogens with zero attached hydrogens (tertiary/aromatic N) is 2. The van der Waals surface area contributed by atoms with E-state index in [0.29, 0.717) is 6.10 Å². The van der Waals surface area contributed by atoms with Crippen molar-refractivity contribution in [2.45, 2.75) is 50.7 Å². The zero-order valence-corrected chi connectivity index (χ0v) is 14.9. The summed E-state index contributed by atoms with van der Waals surface area (Å²) < 4.78 is 11.1. The summed E-state index contributed by atoms with van der Waals surface area (Å²) in [6.07, 6.45) is 7.81. The Balaban J connectivity index is 1.47. The summed E-state index contributed by atoms with van der Waals surface area (Å²) in [5.41, 5.74) is 0. The lowest BCUT2D eigenvalue weighted by Gasteiger charge is -2.24. The fourth-order valence-corrected chi connectivity index (χ4v) is 3.27. The maximum atomic E-state index is 5.76. The first-order valence-electron chi connectivity index (χ1n) is 9.13. The number of hydrogen-bond donors (Lipinski definition) is 2. The Morgan fingerprint density at radius 2 is 2.00 bits per heavy atom. The van der Waals surface area contributed by atoms with Gasteiger partial charge in [0.1, 0.15) is 0 Å². The van der Waals surface area contributed by atoms with Gasteiger partial charge in [-0.2, -0.15) is 0 Å². The lowest BCUT2D eigenvalue weighted by molar-refractivity contribution is 0.0420. The van der Waals surface area contributed by atoms with Gasteiger partial charge in [-0.25, -0.2) is 0 Å². The van der Waals surface area contributed by atoms with Crippen molar-refractivity contribution in [2.24, 2.45) is 4.99 Å². The number of aliphatic imine (C=N–C) groups is 1.